The van der Waals surface area contributed by atoms with Gasteiger partial charge in [0.15, 0.2) is 0 Å². The van der Waals surface area contributed by atoms with E-state index in [1.807, 2.05) is 19.1 Å². The second kappa shape index (κ2) is 4.41. The molecule has 1 saturated carbocycles. The maximum atomic E-state index is 8.88. The molecule has 0 aliphatic heterocycles. The number of nitriles is 1. The van der Waals surface area contributed by atoms with E-state index < -0.39 is 0 Å². The molecule has 0 unspecified atom stereocenters. The van der Waals surface area contributed by atoms with Crippen LogP contribution in [-0.4, -0.2) is 6.54 Å². The maximum absolute atomic E-state index is 8.88. The van der Waals surface area contributed by atoms with Crippen LogP contribution in [0.5, 0.6) is 0 Å². The number of nitrogens with zero attached hydrogens (tertiary/aromatic N) is 1. The van der Waals surface area contributed by atoms with Crippen molar-refractivity contribution in [1.29, 1.82) is 5.26 Å². The zero-order valence-corrected chi connectivity index (χ0v) is 10.9. The molecule has 2 nitrogen and oxygen atoms in total. The molecule has 1 aromatic carbocycles. The number of benzene rings is 1. The monoisotopic (exact) mass is 228 g/mol. The van der Waals surface area contributed by atoms with Crippen LogP contribution in [0.1, 0.15) is 37.8 Å². The predicted molar refractivity (Wildman–Crippen MR) is 70.9 cm³/mol. The van der Waals surface area contributed by atoms with Crippen molar-refractivity contribution in [2.75, 3.05) is 11.9 Å². The highest BCUT2D eigenvalue weighted by molar-refractivity contribution is 5.51. The van der Waals surface area contributed by atoms with E-state index >= 15 is 0 Å². The zero-order chi connectivity index (χ0) is 12.5. The number of hydrogen-bond acceptors (Lipinski definition) is 2. The van der Waals surface area contributed by atoms with Crippen molar-refractivity contribution in [1.82, 2.24) is 0 Å². The average molecular weight is 228 g/mol. The van der Waals surface area contributed by atoms with Gasteiger partial charge in [0.2, 0.25) is 0 Å². The minimum absolute atomic E-state index is 0.516. The molecule has 1 fully saturated rings. The van der Waals surface area contributed by atoms with Gasteiger partial charge < -0.3 is 5.32 Å². The Morgan fingerprint density at radius 1 is 1.41 bits per heavy atom. The molecule has 0 aromatic heterocycles. The van der Waals surface area contributed by atoms with Gasteiger partial charge in [0.05, 0.1) is 11.6 Å². The van der Waals surface area contributed by atoms with E-state index in [2.05, 4.69) is 31.3 Å². The van der Waals surface area contributed by atoms with Crippen LogP contribution >= 0.6 is 0 Å². The Kier molecular flexibility index (Phi) is 3.11. The van der Waals surface area contributed by atoms with Crippen molar-refractivity contribution in [3.8, 4) is 6.07 Å². The van der Waals surface area contributed by atoms with Crippen LogP contribution in [-0.2, 0) is 0 Å². The van der Waals surface area contributed by atoms with E-state index in [0.29, 0.717) is 5.41 Å². The van der Waals surface area contributed by atoms with Gasteiger partial charge in [-0.3, -0.25) is 0 Å². The Morgan fingerprint density at radius 2 is 2.12 bits per heavy atom. The molecule has 1 aliphatic carbocycles. The van der Waals surface area contributed by atoms with Gasteiger partial charge in [0.25, 0.3) is 0 Å². The SMILES string of the molecule is Cc1cc(NCC2(C(C)C)CC2)ccc1C#N. The first-order chi connectivity index (χ1) is 8.07. The van der Waals surface area contributed by atoms with Crippen molar-refractivity contribution in [3.05, 3.63) is 29.3 Å². The van der Waals surface area contributed by atoms with Gasteiger partial charge in [-0.25, -0.2) is 0 Å². The van der Waals surface area contributed by atoms with E-state index in [-0.39, 0.29) is 0 Å². The Bertz CT molecular complexity index is 450. The number of nitrogens with one attached hydrogen (secondary N) is 1. The summed E-state index contributed by atoms with van der Waals surface area (Å²) >= 11 is 0. The van der Waals surface area contributed by atoms with Gasteiger partial charge >= 0.3 is 0 Å². The Morgan fingerprint density at radius 3 is 2.59 bits per heavy atom. The molecule has 0 spiro atoms. The molecule has 0 saturated heterocycles. The summed E-state index contributed by atoms with van der Waals surface area (Å²) in [5.74, 6) is 0.745. The van der Waals surface area contributed by atoms with Crippen LogP contribution in [0.15, 0.2) is 18.2 Å². The fourth-order valence-corrected chi connectivity index (χ4v) is 2.30. The highest BCUT2D eigenvalue weighted by Gasteiger charge is 2.44. The normalized spacial score (nSPS) is 16.6. The fraction of sp³-hybridized carbons (Fsp3) is 0.533. The third-order valence-corrected chi connectivity index (χ3v) is 4.11. The second-order valence-electron chi connectivity index (χ2n) is 5.51. The zero-order valence-electron chi connectivity index (χ0n) is 10.9. The molecular formula is C15H20N2. The molecule has 0 amide bonds. The Hall–Kier alpha value is -1.49. The summed E-state index contributed by atoms with van der Waals surface area (Å²) in [6.07, 6.45) is 2.68. The highest BCUT2D eigenvalue weighted by atomic mass is 14.9. The maximum Gasteiger partial charge on any atom is 0.0994 e. The topological polar surface area (TPSA) is 35.8 Å². The van der Waals surface area contributed by atoms with Crippen molar-refractivity contribution >= 4 is 5.69 Å². The van der Waals surface area contributed by atoms with E-state index in [1.54, 1.807) is 0 Å². The predicted octanol–water partition coefficient (Wildman–Crippen LogP) is 3.71. The summed E-state index contributed by atoms with van der Waals surface area (Å²) < 4.78 is 0. The molecule has 1 aromatic rings. The minimum Gasteiger partial charge on any atom is -0.384 e. The number of hydrogen-bond donors (Lipinski definition) is 1. The summed E-state index contributed by atoms with van der Waals surface area (Å²) in [4.78, 5) is 0. The van der Waals surface area contributed by atoms with Crippen LogP contribution in [0, 0.1) is 29.6 Å². The molecule has 1 N–H and O–H groups in total. The molecule has 0 bridgehead atoms. The first kappa shape index (κ1) is 12.0. The summed E-state index contributed by atoms with van der Waals surface area (Å²) in [7, 11) is 0. The van der Waals surface area contributed by atoms with Gasteiger partial charge in [-0.2, -0.15) is 5.26 Å². The second-order valence-corrected chi connectivity index (χ2v) is 5.51. The molecule has 0 radical (unpaired) electrons. The van der Waals surface area contributed by atoms with Crippen LogP contribution in [0.4, 0.5) is 5.69 Å². The van der Waals surface area contributed by atoms with Crippen molar-refractivity contribution in [2.24, 2.45) is 11.3 Å². The quantitative estimate of drug-likeness (QED) is 0.852. The van der Waals surface area contributed by atoms with Crippen LogP contribution in [0.25, 0.3) is 0 Å². The Balaban J connectivity index is 2.01. The highest BCUT2D eigenvalue weighted by Crippen LogP contribution is 2.51. The largest absolute Gasteiger partial charge is 0.384 e. The van der Waals surface area contributed by atoms with Gasteiger partial charge in [-0.05, 0) is 54.9 Å². The van der Waals surface area contributed by atoms with E-state index in [1.165, 1.54) is 12.8 Å². The summed E-state index contributed by atoms with van der Waals surface area (Å²) in [5, 5.41) is 12.4. The van der Waals surface area contributed by atoms with E-state index in [0.717, 1.165) is 29.3 Å². The molecule has 0 atom stereocenters. The van der Waals surface area contributed by atoms with Gasteiger partial charge in [-0.15, -0.1) is 0 Å². The molecule has 17 heavy (non-hydrogen) atoms. The third kappa shape index (κ3) is 2.44. The Labute approximate surface area is 104 Å². The smallest absolute Gasteiger partial charge is 0.0994 e. The summed E-state index contributed by atoms with van der Waals surface area (Å²) in [5.41, 5.74) is 3.46. The average Bonchev–Trinajstić information content (AvgIpc) is 3.07. The number of aryl methyl sites for hydroxylation is 1. The fourth-order valence-electron chi connectivity index (χ4n) is 2.30. The summed E-state index contributed by atoms with van der Waals surface area (Å²) in [6.45, 7) is 7.65. The lowest BCUT2D eigenvalue weighted by atomic mass is 9.92. The third-order valence-electron chi connectivity index (χ3n) is 4.11. The molecule has 2 heteroatoms. The molecule has 90 valence electrons. The van der Waals surface area contributed by atoms with E-state index in [9.17, 15) is 0 Å². The van der Waals surface area contributed by atoms with Crippen molar-refractivity contribution in [3.63, 3.8) is 0 Å². The van der Waals surface area contributed by atoms with Crippen LogP contribution < -0.4 is 5.32 Å². The number of anilines is 1. The molecule has 2 rings (SSSR count). The van der Waals surface area contributed by atoms with Gasteiger partial charge in [0.1, 0.15) is 0 Å². The van der Waals surface area contributed by atoms with E-state index in [4.69, 9.17) is 5.26 Å². The van der Waals surface area contributed by atoms with Crippen molar-refractivity contribution in [2.45, 2.75) is 33.6 Å². The molecule has 1 aliphatic rings. The molecule has 0 heterocycles. The van der Waals surface area contributed by atoms with Gasteiger partial charge in [0, 0.05) is 12.2 Å². The minimum atomic E-state index is 0.516. The van der Waals surface area contributed by atoms with Crippen molar-refractivity contribution < 1.29 is 0 Å². The standard InChI is InChI=1S/C15H20N2/c1-11(2)15(6-7-15)10-17-14-5-4-13(9-16)12(3)8-14/h4-5,8,11,17H,6-7,10H2,1-3H3. The lowest BCUT2D eigenvalue weighted by Gasteiger charge is -2.21. The lowest BCUT2D eigenvalue weighted by Crippen LogP contribution is -2.20. The lowest BCUT2D eigenvalue weighted by molar-refractivity contribution is 0.380. The first-order valence-corrected chi connectivity index (χ1v) is 6.32. The van der Waals surface area contributed by atoms with Crippen LogP contribution in [0.3, 0.4) is 0 Å². The van der Waals surface area contributed by atoms with Crippen LogP contribution in [0.2, 0.25) is 0 Å². The number of rotatable bonds is 4. The molecular weight excluding hydrogens is 208 g/mol. The van der Waals surface area contributed by atoms with Gasteiger partial charge in [-0.1, -0.05) is 13.8 Å². The summed E-state index contributed by atoms with van der Waals surface area (Å²) in [6, 6.07) is 8.16. The first-order valence-electron chi connectivity index (χ1n) is 6.32.